The van der Waals surface area contributed by atoms with E-state index in [0.29, 0.717) is 13.2 Å². The molecule has 0 spiro atoms. The first-order chi connectivity index (χ1) is 6.20. The first kappa shape index (κ1) is 10.0. The fraction of sp³-hybridized carbons (Fsp3) is 0.667. The van der Waals surface area contributed by atoms with Crippen LogP contribution in [-0.4, -0.2) is 48.3 Å². The highest BCUT2D eigenvalue weighted by Gasteiger charge is 2.14. The summed E-state index contributed by atoms with van der Waals surface area (Å²) in [4.78, 5) is 12.3. The van der Waals surface area contributed by atoms with E-state index in [-0.39, 0.29) is 6.04 Å². The van der Waals surface area contributed by atoms with E-state index in [2.05, 4.69) is 16.7 Å². The molecule has 1 atom stereocenters. The molecule has 0 radical (unpaired) electrons. The number of rotatable bonds is 1. The van der Waals surface area contributed by atoms with Crippen molar-refractivity contribution in [1.29, 1.82) is 0 Å². The maximum Gasteiger partial charge on any atom is 0.381 e. The Morgan fingerprint density at radius 1 is 1.54 bits per heavy atom. The Kier molecular flexibility index (Phi) is 3.74. The lowest BCUT2D eigenvalue weighted by atomic mass is 10.2. The van der Waals surface area contributed by atoms with Crippen LogP contribution in [0.3, 0.4) is 0 Å². The van der Waals surface area contributed by atoms with Crippen molar-refractivity contribution in [3.8, 4) is 11.8 Å². The lowest BCUT2D eigenvalue weighted by Gasteiger charge is -2.29. The Hall–Kier alpha value is -1.05. The summed E-state index contributed by atoms with van der Waals surface area (Å²) >= 11 is 0. The topological polar surface area (TPSA) is 49.8 Å². The summed E-state index contributed by atoms with van der Waals surface area (Å²) < 4.78 is 5.17. The quantitative estimate of drug-likeness (QED) is 0.572. The minimum Gasteiger partial charge on any atom is -0.472 e. The lowest BCUT2D eigenvalue weighted by molar-refractivity contribution is -0.130. The molecular formula is C9H13NO3. The third-order valence-corrected chi connectivity index (χ3v) is 1.98. The number of carboxylic acid groups (broad SMARTS) is 1. The van der Waals surface area contributed by atoms with E-state index < -0.39 is 5.97 Å². The number of ether oxygens (including phenoxy) is 1. The molecule has 0 aromatic carbocycles. The van der Waals surface area contributed by atoms with Gasteiger partial charge in [0.15, 0.2) is 0 Å². The summed E-state index contributed by atoms with van der Waals surface area (Å²) in [6.07, 6.45) is 0. The number of carboxylic acids is 1. The van der Waals surface area contributed by atoms with Crippen molar-refractivity contribution in [3.05, 3.63) is 0 Å². The highest BCUT2D eigenvalue weighted by Crippen LogP contribution is 2.01. The molecule has 13 heavy (non-hydrogen) atoms. The van der Waals surface area contributed by atoms with Crippen LogP contribution in [0.25, 0.3) is 0 Å². The second-order valence-electron chi connectivity index (χ2n) is 2.90. The molecule has 0 amide bonds. The van der Waals surface area contributed by atoms with Gasteiger partial charge < -0.3 is 9.84 Å². The zero-order chi connectivity index (χ0) is 9.68. The zero-order valence-electron chi connectivity index (χ0n) is 7.62. The largest absolute Gasteiger partial charge is 0.472 e. The first-order valence-electron chi connectivity index (χ1n) is 4.26. The molecule has 0 bridgehead atoms. The highest BCUT2D eigenvalue weighted by atomic mass is 16.5. The van der Waals surface area contributed by atoms with Crippen LogP contribution in [0.1, 0.15) is 6.92 Å². The van der Waals surface area contributed by atoms with Crippen LogP contribution in [0.4, 0.5) is 0 Å². The highest BCUT2D eigenvalue weighted by molar-refractivity contribution is 5.86. The monoisotopic (exact) mass is 183 g/mol. The average Bonchev–Trinajstić information content (AvgIpc) is 2.15. The van der Waals surface area contributed by atoms with Crippen LogP contribution >= 0.6 is 0 Å². The molecule has 4 nitrogen and oxygen atoms in total. The molecule has 0 aromatic heterocycles. The van der Waals surface area contributed by atoms with Gasteiger partial charge >= 0.3 is 5.97 Å². The number of carbonyl (C=O) groups is 1. The van der Waals surface area contributed by atoms with Gasteiger partial charge in [0, 0.05) is 19.0 Å². The molecule has 4 heteroatoms. The van der Waals surface area contributed by atoms with E-state index in [4.69, 9.17) is 9.84 Å². The molecule has 1 saturated heterocycles. The van der Waals surface area contributed by atoms with Gasteiger partial charge in [0.1, 0.15) is 0 Å². The second-order valence-corrected chi connectivity index (χ2v) is 2.90. The van der Waals surface area contributed by atoms with Crippen LogP contribution in [0.15, 0.2) is 0 Å². The molecule has 0 saturated carbocycles. The standard InChI is InChI=1S/C9H13NO3/c1-8(2-3-9(11)12)10-4-6-13-7-5-10/h8H,4-7H2,1H3,(H,11,12). The van der Waals surface area contributed by atoms with Gasteiger partial charge in [-0.05, 0) is 6.92 Å². The number of hydrogen-bond acceptors (Lipinski definition) is 3. The van der Waals surface area contributed by atoms with Crippen molar-refractivity contribution in [1.82, 2.24) is 4.90 Å². The van der Waals surface area contributed by atoms with Crippen LogP contribution in [0.2, 0.25) is 0 Å². The van der Waals surface area contributed by atoms with Gasteiger partial charge in [-0.2, -0.15) is 0 Å². The van der Waals surface area contributed by atoms with Gasteiger partial charge in [-0.3, -0.25) is 4.90 Å². The molecule has 0 aliphatic carbocycles. The van der Waals surface area contributed by atoms with Crippen molar-refractivity contribution < 1.29 is 14.6 Å². The lowest BCUT2D eigenvalue weighted by Crippen LogP contribution is -2.41. The summed E-state index contributed by atoms with van der Waals surface area (Å²) in [7, 11) is 0. The van der Waals surface area contributed by atoms with Crippen LogP contribution in [0, 0.1) is 11.8 Å². The van der Waals surface area contributed by atoms with Crippen LogP contribution in [0.5, 0.6) is 0 Å². The van der Waals surface area contributed by atoms with Gasteiger partial charge in [0.05, 0.1) is 19.3 Å². The van der Waals surface area contributed by atoms with Gasteiger partial charge in [-0.15, -0.1) is 0 Å². The molecule has 1 fully saturated rings. The molecule has 0 aromatic rings. The zero-order valence-corrected chi connectivity index (χ0v) is 7.62. The van der Waals surface area contributed by atoms with Gasteiger partial charge in [0.2, 0.25) is 0 Å². The van der Waals surface area contributed by atoms with Gasteiger partial charge in [0.25, 0.3) is 0 Å². The normalized spacial score (nSPS) is 20.1. The Morgan fingerprint density at radius 3 is 2.69 bits per heavy atom. The van der Waals surface area contributed by atoms with Crippen molar-refractivity contribution in [2.75, 3.05) is 26.3 Å². The Balaban J connectivity index is 2.42. The van der Waals surface area contributed by atoms with Gasteiger partial charge in [-0.1, -0.05) is 5.92 Å². The summed E-state index contributed by atoms with van der Waals surface area (Å²) in [6, 6.07) is -0.000000000000000666. The molecule has 1 unspecified atom stereocenters. The minimum absolute atomic E-state index is 0.000000000000000666. The Labute approximate surface area is 77.5 Å². The van der Waals surface area contributed by atoms with E-state index in [0.717, 1.165) is 13.1 Å². The van der Waals surface area contributed by atoms with Crippen molar-refractivity contribution in [2.24, 2.45) is 0 Å². The predicted octanol–water partition coefficient (Wildman–Crippen LogP) is -0.205. The second kappa shape index (κ2) is 4.85. The smallest absolute Gasteiger partial charge is 0.381 e. The van der Waals surface area contributed by atoms with Gasteiger partial charge in [-0.25, -0.2) is 4.79 Å². The third-order valence-electron chi connectivity index (χ3n) is 1.98. The van der Waals surface area contributed by atoms with E-state index in [1.165, 1.54) is 0 Å². The van der Waals surface area contributed by atoms with Crippen molar-refractivity contribution >= 4 is 5.97 Å². The fourth-order valence-electron chi connectivity index (χ4n) is 1.22. The number of hydrogen-bond donors (Lipinski definition) is 1. The molecular weight excluding hydrogens is 170 g/mol. The molecule has 1 rings (SSSR count). The summed E-state index contributed by atoms with van der Waals surface area (Å²) in [5.74, 6) is 3.73. The maximum absolute atomic E-state index is 10.2. The number of nitrogens with zero attached hydrogens (tertiary/aromatic N) is 1. The number of morpholine rings is 1. The van der Waals surface area contributed by atoms with E-state index in [9.17, 15) is 4.79 Å². The molecule has 1 heterocycles. The van der Waals surface area contributed by atoms with Crippen molar-refractivity contribution in [3.63, 3.8) is 0 Å². The van der Waals surface area contributed by atoms with E-state index >= 15 is 0 Å². The third kappa shape index (κ3) is 3.45. The Morgan fingerprint density at radius 2 is 2.15 bits per heavy atom. The first-order valence-corrected chi connectivity index (χ1v) is 4.26. The predicted molar refractivity (Wildman–Crippen MR) is 47.3 cm³/mol. The van der Waals surface area contributed by atoms with Crippen LogP contribution in [-0.2, 0) is 9.53 Å². The fourth-order valence-corrected chi connectivity index (χ4v) is 1.22. The molecule has 1 aliphatic heterocycles. The maximum atomic E-state index is 10.2. The number of aliphatic carboxylic acids is 1. The van der Waals surface area contributed by atoms with E-state index in [1.807, 2.05) is 6.92 Å². The SMILES string of the molecule is CC(C#CC(=O)O)N1CCOCC1. The summed E-state index contributed by atoms with van der Waals surface area (Å²) in [5.41, 5.74) is 0. The van der Waals surface area contributed by atoms with E-state index in [1.54, 1.807) is 0 Å². The molecule has 1 aliphatic rings. The van der Waals surface area contributed by atoms with Crippen molar-refractivity contribution in [2.45, 2.75) is 13.0 Å². The minimum atomic E-state index is -1.07. The van der Waals surface area contributed by atoms with Crippen LogP contribution < -0.4 is 0 Å². The summed E-state index contributed by atoms with van der Waals surface area (Å²) in [5, 5.41) is 8.34. The molecule has 1 N–H and O–H groups in total. The Bertz CT molecular complexity index is 235. The molecule has 72 valence electrons. The summed E-state index contributed by atoms with van der Waals surface area (Å²) in [6.45, 7) is 4.98. The average molecular weight is 183 g/mol.